The summed E-state index contributed by atoms with van der Waals surface area (Å²) < 4.78 is 1.02. The van der Waals surface area contributed by atoms with E-state index in [1.54, 1.807) is 0 Å². The highest BCUT2D eigenvalue weighted by molar-refractivity contribution is 9.10. The van der Waals surface area contributed by atoms with E-state index in [1.165, 1.54) is 0 Å². The van der Waals surface area contributed by atoms with E-state index in [0.717, 1.165) is 21.6 Å². The molecule has 1 unspecified atom stereocenters. The smallest absolute Gasteiger partial charge is 0.191 e. The number of hydrogen-bond donors (Lipinski definition) is 1. The largest absolute Gasteiger partial charge is 0.370 e. The highest BCUT2D eigenvalue weighted by Crippen LogP contribution is 2.33. The van der Waals surface area contributed by atoms with Crippen LogP contribution in [0.5, 0.6) is 0 Å². The molecular weight excluding hydrogens is 314 g/mol. The number of halogens is 2. The molecule has 0 aromatic heterocycles. The minimum Gasteiger partial charge on any atom is -0.370 e. The molecule has 1 aliphatic heterocycles. The van der Waals surface area contributed by atoms with Crippen LogP contribution in [0.3, 0.4) is 0 Å². The van der Waals surface area contributed by atoms with Gasteiger partial charge in [0.15, 0.2) is 5.96 Å². The van der Waals surface area contributed by atoms with Crippen molar-refractivity contribution in [2.75, 3.05) is 13.1 Å². The van der Waals surface area contributed by atoms with Crippen molar-refractivity contribution in [1.82, 2.24) is 4.90 Å². The maximum Gasteiger partial charge on any atom is 0.191 e. The summed E-state index contributed by atoms with van der Waals surface area (Å²) >= 11 is 9.77. The van der Waals surface area contributed by atoms with Gasteiger partial charge in [-0.25, -0.2) is 0 Å². The number of nitrogens with two attached hydrogens (primary N) is 1. The number of hydrogen-bond acceptors (Lipinski definition) is 3. The van der Waals surface area contributed by atoms with Gasteiger partial charge in [0, 0.05) is 16.0 Å². The molecule has 0 bridgehead atoms. The van der Waals surface area contributed by atoms with Crippen LogP contribution in [0, 0.1) is 5.92 Å². The second-order valence-electron chi connectivity index (χ2n) is 4.93. The zero-order chi connectivity index (χ0) is 13.3. The Morgan fingerprint density at radius 3 is 2.94 bits per heavy atom. The van der Waals surface area contributed by atoms with Crippen molar-refractivity contribution in [2.45, 2.75) is 19.9 Å². The fraction of sp³-hybridized carbons (Fsp3) is 0.462. The monoisotopic (exact) mass is 329 g/mol. The fourth-order valence-electron chi connectivity index (χ4n) is 2.18. The summed E-state index contributed by atoms with van der Waals surface area (Å²) in [6.07, 6.45) is 0. The molecule has 1 aliphatic rings. The lowest BCUT2D eigenvalue weighted by Gasteiger charge is -2.28. The van der Waals surface area contributed by atoms with E-state index in [1.807, 2.05) is 12.1 Å². The first-order valence-corrected chi connectivity index (χ1v) is 7.17. The molecule has 1 atom stereocenters. The van der Waals surface area contributed by atoms with E-state index in [2.05, 4.69) is 45.7 Å². The molecule has 1 aromatic rings. The SMILES string of the molecule is CC(C)CN1C(N)=NCC1c1cc(Br)ccc1Cl. The van der Waals surface area contributed by atoms with E-state index in [0.29, 0.717) is 18.4 Å². The van der Waals surface area contributed by atoms with E-state index >= 15 is 0 Å². The highest BCUT2D eigenvalue weighted by Gasteiger charge is 2.29. The molecule has 1 aromatic carbocycles. The first-order chi connectivity index (χ1) is 8.49. The summed E-state index contributed by atoms with van der Waals surface area (Å²) in [5.41, 5.74) is 7.04. The molecule has 98 valence electrons. The summed E-state index contributed by atoms with van der Waals surface area (Å²) in [6, 6.07) is 6.05. The molecule has 0 radical (unpaired) electrons. The van der Waals surface area contributed by atoms with E-state index in [-0.39, 0.29) is 6.04 Å². The minimum absolute atomic E-state index is 0.150. The van der Waals surface area contributed by atoms with Crippen molar-refractivity contribution in [1.29, 1.82) is 0 Å². The van der Waals surface area contributed by atoms with Crippen LogP contribution in [0.2, 0.25) is 5.02 Å². The van der Waals surface area contributed by atoms with Gasteiger partial charge >= 0.3 is 0 Å². The van der Waals surface area contributed by atoms with Crippen LogP contribution in [0.1, 0.15) is 25.5 Å². The third-order valence-corrected chi connectivity index (χ3v) is 3.81. The van der Waals surface area contributed by atoms with Gasteiger partial charge in [0.2, 0.25) is 0 Å². The van der Waals surface area contributed by atoms with Crippen molar-refractivity contribution in [2.24, 2.45) is 16.6 Å². The lowest BCUT2D eigenvalue weighted by Crippen LogP contribution is -2.38. The third kappa shape index (κ3) is 2.81. The molecule has 3 nitrogen and oxygen atoms in total. The Bertz CT molecular complexity index is 473. The van der Waals surface area contributed by atoms with Crippen LogP contribution < -0.4 is 5.73 Å². The zero-order valence-electron chi connectivity index (χ0n) is 10.5. The summed E-state index contributed by atoms with van der Waals surface area (Å²) in [7, 11) is 0. The van der Waals surface area contributed by atoms with Crippen molar-refractivity contribution in [3.05, 3.63) is 33.3 Å². The van der Waals surface area contributed by atoms with Gasteiger partial charge in [0.05, 0.1) is 12.6 Å². The topological polar surface area (TPSA) is 41.6 Å². The van der Waals surface area contributed by atoms with Gasteiger partial charge in [0.25, 0.3) is 0 Å². The summed E-state index contributed by atoms with van der Waals surface area (Å²) in [5, 5.41) is 0.766. The molecule has 5 heteroatoms. The molecule has 0 saturated carbocycles. The van der Waals surface area contributed by atoms with Crippen LogP contribution in [-0.4, -0.2) is 23.9 Å². The van der Waals surface area contributed by atoms with Gasteiger partial charge in [-0.3, -0.25) is 4.99 Å². The maximum absolute atomic E-state index is 6.29. The average molecular weight is 331 g/mol. The highest BCUT2D eigenvalue weighted by atomic mass is 79.9. The van der Waals surface area contributed by atoms with Crippen molar-refractivity contribution in [3.63, 3.8) is 0 Å². The van der Waals surface area contributed by atoms with Gasteiger partial charge in [-0.1, -0.05) is 41.4 Å². The quantitative estimate of drug-likeness (QED) is 0.922. The van der Waals surface area contributed by atoms with Gasteiger partial charge in [-0.15, -0.1) is 0 Å². The molecular formula is C13H17BrClN3. The minimum atomic E-state index is 0.150. The number of aliphatic imine (C=N–C) groups is 1. The second-order valence-corrected chi connectivity index (χ2v) is 6.25. The molecule has 0 amide bonds. The summed E-state index contributed by atoms with van der Waals surface area (Å²) in [4.78, 5) is 6.48. The van der Waals surface area contributed by atoms with Gasteiger partial charge in [-0.2, -0.15) is 0 Å². The van der Waals surface area contributed by atoms with Crippen LogP contribution >= 0.6 is 27.5 Å². The molecule has 0 fully saturated rings. The lowest BCUT2D eigenvalue weighted by atomic mass is 10.0. The van der Waals surface area contributed by atoms with Crippen LogP contribution in [-0.2, 0) is 0 Å². The van der Waals surface area contributed by atoms with Crippen LogP contribution in [0.25, 0.3) is 0 Å². The Morgan fingerprint density at radius 1 is 1.56 bits per heavy atom. The first kappa shape index (κ1) is 13.7. The fourth-order valence-corrected chi connectivity index (χ4v) is 2.80. The molecule has 18 heavy (non-hydrogen) atoms. The number of benzene rings is 1. The Morgan fingerprint density at radius 2 is 2.28 bits per heavy atom. The molecule has 1 heterocycles. The maximum atomic E-state index is 6.29. The second kappa shape index (κ2) is 5.49. The van der Waals surface area contributed by atoms with Crippen LogP contribution in [0.4, 0.5) is 0 Å². The van der Waals surface area contributed by atoms with Gasteiger partial charge in [-0.05, 0) is 29.7 Å². The zero-order valence-corrected chi connectivity index (χ0v) is 12.9. The van der Waals surface area contributed by atoms with Gasteiger partial charge in [0.1, 0.15) is 0 Å². The van der Waals surface area contributed by atoms with E-state index in [9.17, 15) is 0 Å². The standard InChI is InChI=1S/C13H17BrClN3/c1-8(2)7-18-12(6-17-13(18)16)10-5-9(14)3-4-11(10)15/h3-5,8,12H,6-7H2,1-2H3,(H2,16,17). The third-order valence-electron chi connectivity index (χ3n) is 2.98. The summed E-state index contributed by atoms with van der Waals surface area (Å²) in [6.45, 7) is 5.91. The number of guanidine groups is 1. The Hall–Kier alpha value is -0.740. The van der Waals surface area contributed by atoms with Crippen molar-refractivity contribution in [3.8, 4) is 0 Å². The number of nitrogens with zero attached hydrogens (tertiary/aromatic N) is 2. The predicted octanol–water partition coefficient (Wildman–Crippen LogP) is 3.43. The normalized spacial score (nSPS) is 19.5. The van der Waals surface area contributed by atoms with Crippen molar-refractivity contribution >= 4 is 33.5 Å². The Labute approximate surface area is 121 Å². The molecule has 2 rings (SSSR count). The lowest BCUT2D eigenvalue weighted by molar-refractivity contribution is 0.309. The molecule has 0 spiro atoms. The van der Waals surface area contributed by atoms with Crippen molar-refractivity contribution < 1.29 is 0 Å². The predicted molar refractivity (Wildman–Crippen MR) is 79.9 cm³/mol. The average Bonchev–Trinajstić information content (AvgIpc) is 2.64. The van der Waals surface area contributed by atoms with Gasteiger partial charge < -0.3 is 10.6 Å². The van der Waals surface area contributed by atoms with E-state index in [4.69, 9.17) is 17.3 Å². The molecule has 0 aliphatic carbocycles. The molecule has 2 N–H and O–H groups in total. The Kier molecular flexibility index (Phi) is 4.17. The summed E-state index contributed by atoms with van der Waals surface area (Å²) in [5.74, 6) is 1.15. The molecule has 0 saturated heterocycles. The Balaban J connectivity index is 2.30. The number of rotatable bonds is 3. The van der Waals surface area contributed by atoms with Crippen LogP contribution in [0.15, 0.2) is 27.7 Å². The van der Waals surface area contributed by atoms with E-state index < -0.39 is 0 Å². The first-order valence-electron chi connectivity index (χ1n) is 6.00.